The molecule has 1 saturated heterocycles. The van der Waals surface area contributed by atoms with Crippen LogP contribution in [0.5, 0.6) is 0 Å². The number of rotatable bonds is 5. The van der Waals surface area contributed by atoms with E-state index in [1.807, 2.05) is 0 Å². The SMILES string of the molecule is CC[C@@]1(CO)CCCN(Cc2noc(C3CCCC3)n2)C1. The van der Waals surface area contributed by atoms with Crippen LogP contribution in [0.15, 0.2) is 4.52 Å². The zero-order valence-electron chi connectivity index (χ0n) is 13.1. The van der Waals surface area contributed by atoms with Crippen LogP contribution in [0.1, 0.15) is 69.5 Å². The highest BCUT2D eigenvalue weighted by molar-refractivity contribution is 4.97. The quantitative estimate of drug-likeness (QED) is 0.904. The molecule has 5 heteroatoms. The lowest BCUT2D eigenvalue weighted by atomic mass is 9.78. The minimum Gasteiger partial charge on any atom is -0.396 e. The maximum absolute atomic E-state index is 9.70. The molecule has 2 aliphatic rings. The van der Waals surface area contributed by atoms with Gasteiger partial charge in [-0.1, -0.05) is 24.9 Å². The summed E-state index contributed by atoms with van der Waals surface area (Å²) < 4.78 is 5.46. The fourth-order valence-electron chi connectivity index (χ4n) is 3.84. The fourth-order valence-corrected chi connectivity index (χ4v) is 3.84. The molecule has 0 radical (unpaired) electrons. The molecule has 1 saturated carbocycles. The molecule has 1 atom stereocenters. The second kappa shape index (κ2) is 6.44. The molecule has 0 amide bonds. The summed E-state index contributed by atoms with van der Waals surface area (Å²) >= 11 is 0. The van der Waals surface area contributed by atoms with Crippen molar-refractivity contribution in [2.24, 2.45) is 5.41 Å². The van der Waals surface area contributed by atoms with E-state index in [1.165, 1.54) is 25.7 Å². The summed E-state index contributed by atoms with van der Waals surface area (Å²) in [5.74, 6) is 2.13. The zero-order chi connectivity index (χ0) is 14.7. The van der Waals surface area contributed by atoms with Crippen molar-refractivity contribution < 1.29 is 9.63 Å². The zero-order valence-corrected chi connectivity index (χ0v) is 13.1. The number of hydrogen-bond acceptors (Lipinski definition) is 5. The summed E-state index contributed by atoms with van der Waals surface area (Å²) in [6.07, 6.45) is 8.23. The predicted octanol–water partition coefficient (Wildman–Crippen LogP) is 2.71. The van der Waals surface area contributed by atoms with Gasteiger partial charge in [-0.05, 0) is 38.6 Å². The summed E-state index contributed by atoms with van der Waals surface area (Å²) in [7, 11) is 0. The molecule has 1 aliphatic heterocycles. The van der Waals surface area contributed by atoms with Crippen LogP contribution in [0.25, 0.3) is 0 Å². The fraction of sp³-hybridized carbons (Fsp3) is 0.875. The van der Waals surface area contributed by atoms with Crippen LogP contribution in [-0.2, 0) is 6.54 Å². The van der Waals surface area contributed by atoms with Crippen molar-refractivity contribution in [1.82, 2.24) is 15.0 Å². The molecule has 0 spiro atoms. The molecule has 3 rings (SSSR count). The Hall–Kier alpha value is -0.940. The first-order valence-corrected chi connectivity index (χ1v) is 8.40. The second-order valence-corrected chi connectivity index (χ2v) is 6.86. The molecule has 2 heterocycles. The Morgan fingerprint density at radius 2 is 2.14 bits per heavy atom. The van der Waals surface area contributed by atoms with Gasteiger partial charge in [0.05, 0.1) is 6.54 Å². The molecule has 1 aliphatic carbocycles. The van der Waals surface area contributed by atoms with Crippen molar-refractivity contribution in [2.45, 2.75) is 64.3 Å². The van der Waals surface area contributed by atoms with E-state index in [0.29, 0.717) is 5.92 Å². The highest BCUT2D eigenvalue weighted by Gasteiger charge is 2.34. The average molecular weight is 293 g/mol. The van der Waals surface area contributed by atoms with E-state index >= 15 is 0 Å². The predicted molar refractivity (Wildman–Crippen MR) is 79.8 cm³/mol. The van der Waals surface area contributed by atoms with Crippen molar-refractivity contribution in [3.8, 4) is 0 Å². The number of likely N-dealkylation sites (tertiary alicyclic amines) is 1. The Bertz CT molecular complexity index is 450. The van der Waals surface area contributed by atoms with E-state index in [-0.39, 0.29) is 12.0 Å². The molecule has 0 aromatic carbocycles. The third kappa shape index (κ3) is 3.29. The standard InChI is InChI=1S/C16H27N3O2/c1-2-16(12-20)8-5-9-19(11-16)10-14-17-15(21-18-14)13-6-3-4-7-13/h13,20H,2-12H2,1H3/t16-/m1/s1. The minimum atomic E-state index is 0.0657. The normalized spacial score (nSPS) is 28.3. The van der Waals surface area contributed by atoms with Crippen LogP contribution < -0.4 is 0 Å². The molecule has 21 heavy (non-hydrogen) atoms. The number of aromatic nitrogens is 2. The van der Waals surface area contributed by atoms with Gasteiger partial charge in [0.2, 0.25) is 5.89 Å². The highest BCUT2D eigenvalue weighted by Crippen LogP contribution is 2.34. The van der Waals surface area contributed by atoms with E-state index in [0.717, 1.165) is 50.6 Å². The van der Waals surface area contributed by atoms with Gasteiger partial charge in [-0.15, -0.1) is 0 Å². The average Bonchev–Trinajstić information content (AvgIpc) is 3.18. The molecule has 1 aromatic rings. The van der Waals surface area contributed by atoms with Crippen LogP contribution in [-0.4, -0.2) is 39.8 Å². The first kappa shape index (κ1) is 15.0. The van der Waals surface area contributed by atoms with Crippen molar-refractivity contribution in [3.63, 3.8) is 0 Å². The minimum absolute atomic E-state index is 0.0657. The smallest absolute Gasteiger partial charge is 0.229 e. The first-order valence-electron chi connectivity index (χ1n) is 8.40. The van der Waals surface area contributed by atoms with Crippen molar-refractivity contribution in [2.75, 3.05) is 19.7 Å². The summed E-state index contributed by atoms with van der Waals surface area (Å²) in [5, 5.41) is 13.9. The Morgan fingerprint density at radius 3 is 2.86 bits per heavy atom. The number of piperidine rings is 1. The van der Waals surface area contributed by atoms with Crippen LogP contribution in [0, 0.1) is 5.41 Å². The van der Waals surface area contributed by atoms with Crippen LogP contribution in [0.2, 0.25) is 0 Å². The van der Waals surface area contributed by atoms with Crippen LogP contribution in [0.4, 0.5) is 0 Å². The lowest BCUT2D eigenvalue weighted by Crippen LogP contribution is -2.44. The lowest BCUT2D eigenvalue weighted by molar-refractivity contribution is 0.0245. The number of hydrogen-bond donors (Lipinski definition) is 1. The van der Waals surface area contributed by atoms with Gasteiger partial charge in [0.1, 0.15) is 0 Å². The molecule has 0 bridgehead atoms. The van der Waals surface area contributed by atoms with Crippen LogP contribution in [0.3, 0.4) is 0 Å². The third-order valence-electron chi connectivity index (χ3n) is 5.38. The Balaban J connectivity index is 1.61. The molecule has 5 nitrogen and oxygen atoms in total. The van der Waals surface area contributed by atoms with Crippen molar-refractivity contribution >= 4 is 0 Å². The molecule has 1 aromatic heterocycles. The first-order chi connectivity index (χ1) is 10.2. The van der Waals surface area contributed by atoms with Gasteiger partial charge in [0.15, 0.2) is 5.82 Å². The topological polar surface area (TPSA) is 62.4 Å². The Morgan fingerprint density at radius 1 is 1.33 bits per heavy atom. The lowest BCUT2D eigenvalue weighted by Gasteiger charge is -2.40. The van der Waals surface area contributed by atoms with E-state index < -0.39 is 0 Å². The summed E-state index contributed by atoms with van der Waals surface area (Å²) in [4.78, 5) is 6.97. The summed E-state index contributed by atoms with van der Waals surface area (Å²) in [5.41, 5.74) is 0.0657. The van der Waals surface area contributed by atoms with E-state index in [4.69, 9.17) is 4.52 Å². The van der Waals surface area contributed by atoms with E-state index in [2.05, 4.69) is 22.0 Å². The number of nitrogens with zero attached hydrogens (tertiary/aromatic N) is 3. The molecule has 0 unspecified atom stereocenters. The Labute approximate surface area is 126 Å². The third-order valence-corrected chi connectivity index (χ3v) is 5.38. The molecule has 2 fully saturated rings. The maximum atomic E-state index is 9.70. The Kier molecular flexibility index (Phi) is 4.60. The van der Waals surface area contributed by atoms with Gasteiger partial charge in [0, 0.05) is 24.5 Å². The van der Waals surface area contributed by atoms with Crippen molar-refractivity contribution in [3.05, 3.63) is 11.7 Å². The molecular formula is C16H27N3O2. The van der Waals surface area contributed by atoms with Gasteiger partial charge in [-0.25, -0.2) is 0 Å². The van der Waals surface area contributed by atoms with Gasteiger partial charge >= 0.3 is 0 Å². The van der Waals surface area contributed by atoms with Crippen LogP contribution >= 0.6 is 0 Å². The van der Waals surface area contributed by atoms with Gasteiger partial charge in [-0.3, -0.25) is 4.90 Å². The van der Waals surface area contributed by atoms with Gasteiger partial charge < -0.3 is 9.63 Å². The monoisotopic (exact) mass is 293 g/mol. The maximum Gasteiger partial charge on any atom is 0.229 e. The van der Waals surface area contributed by atoms with Gasteiger partial charge in [0.25, 0.3) is 0 Å². The number of aliphatic hydroxyl groups is 1. The number of aliphatic hydroxyl groups excluding tert-OH is 1. The molecule has 118 valence electrons. The van der Waals surface area contributed by atoms with E-state index in [1.54, 1.807) is 0 Å². The summed E-state index contributed by atoms with van der Waals surface area (Å²) in [6, 6.07) is 0. The second-order valence-electron chi connectivity index (χ2n) is 6.86. The summed E-state index contributed by atoms with van der Waals surface area (Å²) in [6.45, 7) is 5.20. The van der Waals surface area contributed by atoms with Crippen molar-refractivity contribution in [1.29, 1.82) is 0 Å². The highest BCUT2D eigenvalue weighted by atomic mass is 16.5. The molecule has 1 N–H and O–H groups in total. The van der Waals surface area contributed by atoms with E-state index in [9.17, 15) is 5.11 Å². The van der Waals surface area contributed by atoms with Gasteiger partial charge in [-0.2, -0.15) is 4.98 Å². The molecular weight excluding hydrogens is 266 g/mol. The largest absolute Gasteiger partial charge is 0.396 e.